The SMILES string of the molecule is CNC(=O)[C@@H]1[C@@H]2CCC3(S2)C(C(=O)NCn2nnc4ccccc42)N(CCCCO)C(=O)[C@H]13. The predicted octanol–water partition coefficient (Wildman–Crippen LogP) is 0.115. The van der Waals surface area contributed by atoms with Gasteiger partial charge >= 0.3 is 0 Å². The van der Waals surface area contributed by atoms with Gasteiger partial charge in [0.1, 0.15) is 18.2 Å². The first kappa shape index (κ1) is 22.1. The summed E-state index contributed by atoms with van der Waals surface area (Å²) in [4.78, 5) is 41.5. The number of likely N-dealkylation sites (tertiary alicyclic amines) is 1. The number of aliphatic hydroxyl groups is 1. The molecule has 33 heavy (non-hydrogen) atoms. The van der Waals surface area contributed by atoms with E-state index in [4.69, 9.17) is 0 Å². The van der Waals surface area contributed by atoms with Gasteiger partial charge in [0.2, 0.25) is 17.7 Å². The highest BCUT2D eigenvalue weighted by molar-refractivity contribution is 8.02. The second kappa shape index (κ2) is 8.60. The minimum atomic E-state index is -0.659. The maximum absolute atomic E-state index is 13.6. The van der Waals surface area contributed by atoms with E-state index in [1.54, 1.807) is 28.4 Å². The molecule has 0 saturated carbocycles. The fraction of sp³-hybridized carbons (Fsp3) is 0.591. The Labute approximate surface area is 195 Å². The Bertz CT molecular complexity index is 1090. The van der Waals surface area contributed by atoms with Crippen LogP contribution in [0.2, 0.25) is 0 Å². The predicted molar refractivity (Wildman–Crippen MR) is 122 cm³/mol. The summed E-state index contributed by atoms with van der Waals surface area (Å²) in [6.07, 6.45) is 2.69. The van der Waals surface area contributed by atoms with Crippen molar-refractivity contribution in [1.29, 1.82) is 0 Å². The highest BCUT2D eigenvalue weighted by Gasteiger charge is 2.73. The monoisotopic (exact) mass is 472 g/mol. The molecule has 11 heteroatoms. The number of carbonyl (C=O) groups is 3. The van der Waals surface area contributed by atoms with Crippen LogP contribution in [0.25, 0.3) is 11.0 Å². The van der Waals surface area contributed by atoms with Crippen molar-refractivity contribution in [2.75, 3.05) is 20.2 Å². The number of benzene rings is 1. The van der Waals surface area contributed by atoms with Crippen LogP contribution in [0.1, 0.15) is 25.7 Å². The van der Waals surface area contributed by atoms with Crippen LogP contribution in [0.15, 0.2) is 24.3 Å². The number of rotatable bonds is 8. The fourth-order valence-electron chi connectivity index (χ4n) is 5.84. The first-order valence-electron chi connectivity index (χ1n) is 11.4. The lowest BCUT2D eigenvalue weighted by atomic mass is 9.71. The zero-order chi connectivity index (χ0) is 23.2. The van der Waals surface area contributed by atoms with Crippen LogP contribution in [0, 0.1) is 11.8 Å². The number of nitrogens with zero attached hydrogens (tertiary/aromatic N) is 4. The van der Waals surface area contributed by atoms with E-state index < -0.39 is 22.6 Å². The van der Waals surface area contributed by atoms with Crippen molar-refractivity contribution < 1.29 is 19.5 Å². The summed E-state index contributed by atoms with van der Waals surface area (Å²) >= 11 is 1.64. The summed E-state index contributed by atoms with van der Waals surface area (Å²) in [7, 11) is 1.59. The average molecular weight is 473 g/mol. The molecular formula is C22H28N6O4S. The topological polar surface area (TPSA) is 129 Å². The van der Waals surface area contributed by atoms with Crippen LogP contribution in [0.4, 0.5) is 0 Å². The van der Waals surface area contributed by atoms with Crippen molar-refractivity contribution in [3.63, 3.8) is 0 Å². The summed E-state index contributed by atoms with van der Waals surface area (Å²) in [5, 5.41) is 23.2. The van der Waals surface area contributed by atoms with Gasteiger partial charge in [-0.25, -0.2) is 4.68 Å². The standard InChI is InChI=1S/C22H28N6O4S/c1-23-19(30)16-15-8-9-22(33-15)17(16)21(32)27(10-4-5-11-29)18(22)20(31)24-12-28-14-7-3-2-6-13(14)25-26-28/h2-3,6-7,15-18,29H,4-5,8-12H2,1H3,(H,23,30)(H,24,31)/t15-,16+,17-,18?,22?/m0/s1. The van der Waals surface area contributed by atoms with Crippen LogP contribution in [-0.4, -0.2) is 79.0 Å². The van der Waals surface area contributed by atoms with Gasteiger partial charge in [0.15, 0.2) is 0 Å². The van der Waals surface area contributed by atoms with Gasteiger partial charge in [-0.1, -0.05) is 17.3 Å². The Kier molecular flexibility index (Phi) is 5.77. The number of nitrogens with one attached hydrogen (secondary N) is 2. The first-order chi connectivity index (χ1) is 16.0. The van der Waals surface area contributed by atoms with E-state index in [1.165, 1.54) is 0 Å². The largest absolute Gasteiger partial charge is 0.396 e. The van der Waals surface area contributed by atoms with E-state index in [-0.39, 0.29) is 36.2 Å². The lowest BCUT2D eigenvalue weighted by molar-refractivity contribution is -0.140. The normalized spacial score (nSPS) is 30.1. The number of hydrogen-bond acceptors (Lipinski definition) is 7. The van der Waals surface area contributed by atoms with Gasteiger partial charge < -0.3 is 20.6 Å². The van der Waals surface area contributed by atoms with Crippen molar-refractivity contribution in [2.24, 2.45) is 11.8 Å². The summed E-state index contributed by atoms with van der Waals surface area (Å²) in [5.74, 6) is -1.41. The van der Waals surface area contributed by atoms with Crippen LogP contribution < -0.4 is 10.6 Å². The quantitative estimate of drug-likeness (QED) is 0.465. The molecule has 3 amide bonds. The number of amides is 3. The number of hydrogen-bond donors (Lipinski definition) is 3. The van der Waals surface area contributed by atoms with Crippen molar-refractivity contribution in [3.05, 3.63) is 24.3 Å². The maximum atomic E-state index is 13.6. The average Bonchev–Trinajstić information content (AvgIpc) is 3.57. The molecule has 1 spiro atoms. The Hall–Kier alpha value is -2.66. The molecule has 5 rings (SSSR count). The molecule has 1 aromatic carbocycles. The summed E-state index contributed by atoms with van der Waals surface area (Å²) in [6, 6.07) is 6.85. The van der Waals surface area contributed by atoms with Crippen LogP contribution in [0.5, 0.6) is 0 Å². The van der Waals surface area contributed by atoms with Gasteiger partial charge in [0.05, 0.1) is 22.1 Å². The van der Waals surface area contributed by atoms with E-state index in [9.17, 15) is 19.5 Å². The van der Waals surface area contributed by atoms with E-state index in [1.807, 2.05) is 24.3 Å². The van der Waals surface area contributed by atoms with Gasteiger partial charge in [0.25, 0.3) is 0 Å². The van der Waals surface area contributed by atoms with Crippen molar-refractivity contribution in [3.8, 4) is 0 Å². The molecule has 10 nitrogen and oxygen atoms in total. The highest BCUT2D eigenvalue weighted by atomic mass is 32.2. The number of carbonyl (C=O) groups excluding carboxylic acids is 3. The minimum Gasteiger partial charge on any atom is -0.396 e. The molecule has 3 fully saturated rings. The number of unbranched alkanes of at least 4 members (excludes halogenated alkanes) is 1. The third kappa shape index (κ3) is 3.40. The van der Waals surface area contributed by atoms with Gasteiger partial charge in [-0.15, -0.1) is 16.9 Å². The third-order valence-electron chi connectivity index (χ3n) is 7.23. The van der Waals surface area contributed by atoms with Crippen molar-refractivity contribution in [1.82, 2.24) is 30.5 Å². The molecule has 4 heterocycles. The van der Waals surface area contributed by atoms with E-state index in [2.05, 4.69) is 20.9 Å². The number of aliphatic hydroxyl groups excluding tert-OH is 1. The van der Waals surface area contributed by atoms with E-state index >= 15 is 0 Å². The van der Waals surface area contributed by atoms with Crippen molar-refractivity contribution >= 4 is 40.5 Å². The Morgan fingerprint density at radius 2 is 2.09 bits per heavy atom. The number of aromatic nitrogens is 3. The lowest BCUT2D eigenvalue weighted by Crippen LogP contribution is -2.54. The second-order valence-electron chi connectivity index (χ2n) is 8.91. The zero-order valence-corrected chi connectivity index (χ0v) is 19.3. The maximum Gasteiger partial charge on any atom is 0.245 e. The van der Waals surface area contributed by atoms with Crippen LogP contribution in [0.3, 0.4) is 0 Å². The van der Waals surface area contributed by atoms with E-state index in [0.717, 1.165) is 23.9 Å². The highest BCUT2D eigenvalue weighted by Crippen LogP contribution is 2.66. The molecule has 3 saturated heterocycles. The van der Waals surface area contributed by atoms with E-state index in [0.29, 0.717) is 19.4 Å². The van der Waals surface area contributed by atoms with Crippen molar-refractivity contribution in [2.45, 2.75) is 48.4 Å². The number of fused-ring (bicyclic) bond motifs is 2. The van der Waals surface area contributed by atoms with Crippen LogP contribution in [-0.2, 0) is 21.1 Å². The molecule has 2 aromatic rings. The second-order valence-corrected chi connectivity index (χ2v) is 10.5. The molecule has 3 aliphatic rings. The summed E-state index contributed by atoms with van der Waals surface area (Å²) in [5.41, 5.74) is 1.55. The molecule has 3 N–H and O–H groups in total. The molecule has 0 radical (unpaired) electrons. The minimum absolute atomic E-state index is 0.0323. The molecule has 0 aliphatic carbocycles. The van der Waals surface area contributed by atoms with Crippen LogP contribution >= 0.6 is 11.8 Å². The Morgan fingerprint density at radius 1 is 1.27 bits per heavy atom. The molecule has 3 aliphatic heterocycles. The first-order valence-corrected chi connectivity index (χ1v) is 12.3. The van der Waals surface area contributed by atoms with Gasteiger partial charge in [-0.05, 0) is 37.8 Å². The molecule has 5 atom stereocenters. The molecule has 2 bridgehead atoms. The van der Waals surface area contributed by atoms with Gasteiger partial charge in [-0.2, -0.15) is 0 Å². The smallest absolute Gasteiger partial charge is 0.245 e. The number of thioether (sulfide) groups is 1. The van der Waals surface area contributed by atoms with Gasteiger partial charge in [-0.3, -0.25) is 14.4 Å². The van der Waals surface area contributed by atoms with Gasteiger partial charge in [0, 0.05) is 25.4 Å². The summed E-state index contributed by atoms with van der Waals surface area (Å²) in [6.45, 7) is 0.556. The molecule has 2 unspecified atom stereocenters. The zero-order valence-electron chi connectivity index (χ0n) is 18.4. The molecule has 176 valence electrons. The molecular weight excluding hydrogens is 444 g/mol. The third-order valence-corrected chi connectivity index (χ3v) is 9.18. The Morgan fingerprint density at radius 3 is 2.88 bits per heavy atom. The summed E-state index contributed by atoms with van der Waals surface area (Å²) < 4.78 is 1.02. The lowest BCUT2D eigenvalue weighted by Gasteiger charge is -2.34. The Balaban J connectivity index is 1.42. The fourth-order valence-corrected chi connectivity index (χ4v) is 8.06. The molecule has 1 aromatic heterocycles. The number of para-hydroxylation sites is 1.